The second-order valence-electron chi connectivity index (χ2n) is 25.8. The number of likely N-dealkylation sites (tertiary alicyclic amines) is 2. The minimum atomic E-state index is -0.279. The van der Waals surface area contributed by atoms with Gasteiger partial charge in [0.15, 0.2) is 0 Å². The largest absolute Gasteiger partial charge is 0.445 e. The van der Waals surface area contributed by atoms with E-state index in [1.807, 2.05) is 229 Å². The molecule has 0 radical (unpaired) electrons. The molecule has 18 heteroatoms. The van der Waals surface area contributed by atoms with Crippen LogP contribution in [0.1, 0.15) is 144 Å². The Hall–Kier alpha value is -8.42. The number of hydrogen-bond acceptors (Lipinski definition) is 12. The van der Waals surface area contributed by atoms with Crippen molar-refractivity contribution in [2.45, 2.75) is 170 Å². The Labute approximate surface area is 597 Å². The first-order chi connectivity index (χ1) is 48.7. The predicted molar refractivity (Wildman–Crippen MR) is 404 cm³/mol. The van der Waals surface area contributed by atoms with Gasteiger partial charge in [-0.2, -0.15) is 0 Å². The van der Waals surface area contributed by atoms with Crippen molar-refractivity contribution in [1.82, 2.24) is 20.4 Å². The summed E-state index contributed by atoms with van der Waals surface area (Å²) in [5.41, 5.74) is 5.82. The van der Waals surface area contributed by atoms with Crippen LogP contribution < -0.4 is 30.2 Å². The molecule has 4 heterocycles. The zero-order valence-electron chi connectivity index (χ0n) is 61.3. The smallest absolute Gasteiger partial charge is 0.410 e. The fourth-order valence-corrected chi connectivity index (χ4v) is 13.6. The third-order valence-electron chi connectivity index (χ3n) is 19.3. The summed E-state index contributed by atoms with van der Waals surface area (Å²) >= 11 is 0. The molecule has 0 bridgehead atoms. The molecule has 6 amide bonds. The van der Waals surface area contributed by atoms with Crippen LogP contribution in [0.4, 0.5) is 32.3 Å². The second kappa shape index (κ2) is 46.1. The Bertz CT molecular complexity index is 3020. The molecule has 4 N–H and O–H groups in total. The van der Waals surface area contributed by atoms with Gasteiger partial charge in [0.25, 0.3) is 0 Å². The zero-order valence-corrected chi connectivity index (χ0v) is 61.3. The van der Waals surface area contributed by atoms with E-state index in [0.717, 1.165) is 100.0 Å². The fraction of sp³-hybridized carbons (Fsp3) is 0.488. The van der Waals surface area contributed by atoms with E-state index < -0.39 is 0 Å². The molecule has 0 spiro atoms. The number of aliphatic hydroxyl groups excluding tert-OH is 2. The summed E-state index contributed by atoms with van der Waals surface area (Å²) < 4.78 is 11.0. The van der Waals surface area contributed by atoms with Crippen LogP contribution >= 0.6 is 0 Å². The minimum absolute atomic E-state index is 0.00886. The number of benzene rings is 6. The number of aliphatic hydroxyl groups is 2. The van der Waals surface area contributed by atoms with E-state index in [1.165, 1.54) is 25.7 Å². The molecular formula is C82H116N8O10. The number of anilines is 4. The molecule has 544 valence electrons. The maximum Gasteiger partial charge on any atom is 0.410 e. The number of rotatable bonds is 20. The summed E-state index contributed by atoms with van der Waals surface area (Å²) in [5.74, 6) is 2.15. The summed E-state index contributed by atoms with van der Waals surface area (Å²) in [5, 5.41) is 20.9. The Morgan fingerprint density at radius 2 is 0.620 bits per heavy atom. The van der Waals surface area contributed by atoms with Gasteiger partial charge in [0.2, 0.25) is 23.6 Å². The van der Waals surface area contributed by atoms with Crippen molar-refractivity contribution < 1.29 is 48.5 Å². The molecule has 0 unspecified atom stereocenters. The lowest BCUT2D eigenvalue weighted by Crippen LogP contribution is -2.50. The van der Waals surface area contributed by atoms with Crippen LogP contribution in [-0.2, 0) is 41.9 Å². The van der Waals surface area contributed by atoms with Crippen molar-refractivity contribution in [1.29, 1.82) is 0 Å². The van der Waals surface area contributed by atoms with Gasteiger partial charge < -0.3 is 59.7 Å². The molecule has 4 aliphatic heterocycles. The lowest BCUT2D eigenvalue weighted by Gasteiger charge is -2.40. The molecule has 18 nitrogen and oxygen atoms in total. The van der Waals surface area contributed by atoms with Gasteiger partial charge in [-0.1, -0.05) is 161 Å². The Balaban J connectivity index is 0.000000240. The maximum atomic E-state index is 12.7. The number of carbonyl (C=O) groups excluding carboxylic acids is 6. The monoisotopic (exact) mass is 1370 g/mol. The highest BCUT2D eigenvalue weighted by atomic mass is 16.6. The van der Waals surface area contributed by atoms with E-state index in [4.69, 9.17) is 19.7 Å². The van der Waals surface area contributed by atoms with Gasteiger partial charge in [-0.25, -0.2) is 9.59 Å². The molecule has 10 rings (SSSR count). The highest BCUT2D eigenvalue weighted by Crippen LogP contribution is 2.32. The van der Waals surface area contributed by atoms with Gasteiger partial charge >= 0.3 is 12.2 Å². The average molecular weight is 1370 g/mol. The van der Waals surface area contributed by atoms with Crippen molar-refractivity contribution in [3.05, 3.63) is 193 Å². The van der Waals surface area contributed by atoms with Crippen LogP contribution in [0.2, 0.25) is 0 Å². The van der Waals surface area contributed by atoms with Gasteiger partial charge in [-0.05, 0) is 189 Å². The van der Waals surface area contributed by atoms with Crippen LogP contribution in [0.15, 0.2) is 182 Å². The summed E-state index contributed by atoms with van der Waals surface area (Å²) in [6.45, 7) is 23.6. The molecule has 8 atom stereocenters. The van der Waals surface area contributed by atoms with Crippen LogP contribution in [0.5, 0.6) is 0 Å². The van der Waals surface area contributed by atoms with Crippen molar-refractivity contribution in [3.63, 3.8) is 0 Å². The van der Waals surface area contributed by atoms with Crippen LogP contribution in [0.3, 0.4) is 0 Å². The number of nitrogens with one attached hydrogen (secondary N) is 2. The maximum absolute atomic E-state index is 12.7. The van der Waals surface area contributed by atoms with Crippen LogP contribution in [0, 0.1) is 23.7 Å². The highest BCUT2D eigenvalue weighted by Gasteiger charge is 2.36. The van der Waals surface area contributed by atoms with Gasteiger partial charge in [-0.3, -0.25) is 19.2 Å². The molecule has 0 saturated carbocycles. The zero-order chi connectivity index (χ0) is 72.6. The van der Waals surface area contributed by atoms with Gasteiger partial charge in [0, 0.05) is 113 Å². The molecule has 0 aliphatic carbocycles. The van der Waals surface area contributed by atoms with E-state index in [1.54, 1.807) is 9.80 Å². The van der Waals surface area contributed by atoms with Gasteiger partial charge in [-0.15, -0.1) is 0 Å². The number of para-hydroxylation sites is 4. The minimum Gasteiger partial charge on any atom is -0.445 e. The number of hydrogen-bond donors (Lipinski definition) is 4. The molecule has 4 aliphatic rings. The van der Waals surface area contributed by atoms with E-state index in [2.05, 4.69) is 38.3 Å². The number of ether oxygens (including phenoxy) is 2. The topological polar surface area (TPSA) is 205 Å². The Morgan fingerprint density at radius 3 is 0.860 bits per heavy atom. The molecule has 4 saturated heterocycles. The summed E-state index contributed by atoms with van der Waals surface area (Å²) in [7, 11) is 2.00. The Morgan fingerprint density at radius 1 is 0.380 bits per heavy atom. The summed E-state index contributed by atoms with van der Waals surface area (Å²) in [6, 6.07) is 59.6. The van der Waals surface area contributed by atoms with Crippen molar-refractivity contribution in [2.75, 3.05) is 86.2 Å². The average Bonchev–Trinajstić information content (AvgIpc) is 0.838. The van der Waals surface area contributed by atoms with E-state index in [0.29, 0.717) is 63.7 Å². The molecule has 0 aromatic heterocycles. The van der Waals surface area contributed by atoms with E-state index >= 15 is 0 Å². The standard InChI is InChI=1S/2C24H30N2O3.2C16H24N2O.2CH4O/c2*1-3-23(27)26(22-14-8-5-9-15-22)19(2)21-13-10-16-25(17-21)24(28)29-18-20-11-6-4-7-12-20;2*1-3-16(19)18(15-9-5-4-6-10-15)13(2)14-8-7-11-17-12-14;2*1-2/h2*4-9,11-12,14-15,19,21H,3,10,13,16-18H2,1-2H3;2*4-6,9-10,13-14,17H,3,7-8,11-12H2,1-2H3;2*2H,1H3/t19-,21+;19-,21-;13-,14+;13-,14-;;/m0101../s1. The third-order valence-corrected chi connectivity index (χ3v) is 19.3. The van der Waals surface area contributed by atoms with Gasteiger partial charge in [0.05, 0.1) is 0 Å². The lowest BCUT2D eigenvalue weighted by molar-refractivity contribution is -0.119. The van der Waals surface area contributed by atoms with Crippen molar-refractivity contribution in [3.8, 4) is 0 Å². The SMILES string of the molecule is CCC(=O)N(c1ccccc1)[C@@H](C)[C@@H]1CCCN(C(=O)OCc2ccccc2)C1.CCC(=O)N(c1ccccc1)[C@@H](C)[C@@H]1CCCNC1.CCC(=O)N(c1ccccc1)[C@H](C)[C@@H]1CCCN(C(=O)OCc2ccccc2)C1.CCC(=O)N(c1ccccc1)[C@H](C)[C@@H]1CCCNC1.CO.CO. The number of nitrogens with zero attached hydrogens (tertiary/aromatic N) is 6. The molecule has 4 fully saturated rings. The predicted octanol–water partition coefficient (Wildman–Crippen LogP) is 14.6. The van der Waals surface area contributed by atoms with E-state index in [9.17, 15) is 28.8 Å². The molecule has 6 aromatic carbocycles. The lowest BCUT2D eigenvalue weighted by atomic mass is 9.90. The summed E-state index contributed by atoms with van der Waals surface area (Å²) in [6.07, 6.45) is 10.1. The Kier molecular flexibility index (Phi) is 37.9. The number of piperidine rings is 4. The van der Waals surface area contributed by atoms with Crippen LogP contribution in [0.25, 0.3) is 0 Å². The number of carbonyl (C=O) groups is 6. The highest BCUT2D eigenvalue weighted by molar-refractivity contribution is 5.95. The van der Waals surface area contributed by atoms with Gasteiger partial charge in [0.1, 0.15) is 13.2 Å². The number of amides is 6. The fourth-order valence-electron chi connectivity index (χ4n) is 13.6. The normalized spacial score (nSPS) is 18.2. The first-order valence-electron chi connectivity index (χ1n) is 36.4. The molecule has 100 heavy (non-hydrogen) atoms. The second-order valence-corrected chi connectivity index (χ2v) is 25.8. The first-order valence-corrected chi connectivity index (χ1v) is 36.4. The first kappa shape index (κ1) is 82.2. The quantitative estimate of drug-likeness (QED) is 0.0564. The molecular weight excluding hydrogens is 1260 g/mol. The van der Waals surface area contributed by atoms with E-state index in [-0.39, 0.29) is 85.0 Å². The van der Waals surface area contributed by atoms with Crippen molar-refractivity contribution >= 4 is 58.6 Å². The molecule has 6 aromatic rings. The third kappa shape index (κ3) is 25.6. The summed E-state index contributed by atoms with van der Waals surface area (Å²) in [4.78, 5) is 86.5. The van der Waals surface area contributed by atoms with Crippen molar-refractivity contribution in [2.24, 2.45) is 23.7 Å². The van der Waals surface area contributed by atoms with Crippen LogP contribution in [-0.4, -0.2) is 147 Å².